The number of anilines is 2. The van der Waals surface area contributed by atoms with Crippen molar-refractivity contribution in [2.75, 3.05) is 10.2 Å². The normalized spacial score (nSPS) is 17.8. The molecule has 184 valence electrons. The molecule has 8 heteroatoms. The molecule has 0 atom stereocenters. The third-order valence-electron chi connectivity index (χ3n) is 6.50. The number of carbonyl (C=O) groups is 3. The van der Waals surface area contributed by atoms with Gasteiger partial charge in [-0.1, -0.05) is 19.1 Å². The number of rotatable bonds is 7. The Morgan fingerprint density at radius 2 is 1.77 bits per heavy atom. The number of furan rings is 1. The smallest absolute Gasteiger partial charge is 0.348 e. The molecule has 2 N–H and O–H groups in total. The van der Waals surface area contributed by atoms with Crippen molar-refractivity contribution in [3.05, 3.63) is 59.4 Å². The van der Waals surface area contributed by atoms with Gasteiger partial charge < -0.3 is 19.7 Å². The minimum atomic E-state index is -1.05. The summed E-state index contributed by atoms with van der Waals surface area (Å²) in [7, 11) is 0. The fourth-order valence-electron chi connectivity index (χ4n) is 4.53. The SMILES string of the molecule is CC1CCC(C(=O)N(c2cc(-c3ccc(NC(=O)c4ccoc4)cc3)sc2C(=O)O)C(C)C)CC1. The Morgan fingerprint density at radius 1 is 1.09 bits per heavy atom. The van der Waals surface area contributed by atoms with Gasteiger partial charge in [0.1, 0.15) is 11.1 Å². The largest absolute Gasteiger partial charge is 0.477 e. The summed E-state index contributed by atoms with van der Waals surface area (Å²) in [5, 5.41) is 12.7. The van der Waals surface area contributed by atoms with E-state index in [-0.39, 0.29) is 28.7 Å². The van der Waals surface area contributed by atoms with Crippen LogP contribution in [-0.4, -0.2) is 28.9 Å². The van der Waals surface area contributed by atoms with Crippen LogP contribution in [0.4, 0.5) is 11.4 Å². The Balaban J connectivity index is 1.59. The molecule has 0 bridgehead atoms. The van der Waals surface area contributed by atoms with Crippen molar-refractivity contribution in [3.63, 3.8) is 0 Å². The van der Waals surface area contributed by atoms with Gasteiger partial charge in [-0.05, 0) is 75.3 Å². The molecule has 0 aliphatic heterocycles. The third-order valence-corrected chi connectivity index (χ3v) is 7.66. The van der Waals surface area contributed by atoms with Gasteiger partial charge in [-0.25, -0.2) is 4.79 Å². The molecule has 1 aromatic carbocycles. The zero-order valence-corrected chi connectivity index (χ0v) is 20.9. The summed E-state index contributed by atoms with van der Waals surface area (Å²) in [5.41, 5.74) is 2.30. The number of nitrogens with one attached hydrogen (secondary N) is 1. The van der Waals surface area contributed by atoms with Gasteiger partial charge >= 0.3 is 5.97 Å². The Kier molecular flexibility index (Phi) is 7.40. The summed E-state index contributed by atoms with van der Waals surface area (Å²) in [6.45, 7) is 6.05. The molecule has 0 unspecified atom stereocenters. The van der Waals surface area contributed by atoms with E-state index in [4.69, 9.17) is 4.42 Å². The number of hydrogen-bond donors (Lipinski definition) is 2. The zero-order valence-electron chi connectivity index (χ0n) is 20.1. The van der Waals surface area contributed by atoms with Gasteiger partial charge in [0.25, 0.3) is 5.91 Å². The fraction of sp³-hybridized carbons (Fsp3) is 0.370. The van der Waals surface area contributed by atoms with E-state index >= 15 is 0 Å². The molecule has 0 spiro atoms. The minimum absolute atomic E-state index is 0.0102. The van der Waals surface area contributed by atoms with Crippen molar-refractivity contribution in [3.8, 4) is 10.4 Å². The van der Waals surface area contributed by atoms with Crippen LogP contribution in [0.15, 0.2) is 53.3 Å². The quantitative estimate of drug-likeness (QED) is 0.389. The van der Waals surface area contributed by atoms with Crippen LogP contribution in [0.2, 0.25) is 0 Å². The summed E-state index contributed by atoms with van der Waals surface area (Å²) in [4.78, 5) is 40.5. The molecule has 2 heterocycles. The first-order chi connectivity index (χ1) is 16.7. The molecule has 1 fully saturated rings. The van der Waals surface area contributed by atoms with Gasteiger partial charge in [0, 0.05) is 22.5 Å². The van der Waals surface area contributed by atoms with E-state index in [2.05, 4.69) is 12.2 Å². The molecule has 2 amide bonds. The van der Waals surface area contributed by atoms with E-state index in [9.17, 15) is 19.5 Å². The van der Waals surface area contributed by atoms with Crippen LogP contribution >= 0.6 is 11.3 Å². The molecule has 7 nitrogen and oxygen atoms in total. The van der Waals surface area contributed by atoms with E-state index in [1.165, 1.54) is 12.5 Å². The fourth-order valence-corrected chi connectivity index (χ4v) is 5.52. The molecule has 1 aliphatic rings. The third kappa shape index (κ3) is 5.48. The van der Waals surface area contributed by atoms with Crippen LogP contribution in [0.1, 0.15) is 66.5 Å². The van der Waals surface area contributed by atoms with Crippen molar-refractivity contribution in [2.24, 2.45) is 11.8 Å². The number of aromatic carboxylic acids is 1. The first-order valence-corrected chi connectivity index (χ1v) is 12.7. The Morgan fingerprint density at radius 3 is 2.34 bits per heavy atom. The van der Waals surface area contributed by atoms with Crippen molar-refractivity contribution in [1.29, 1.82) is 0 Å². The Bertz CT molecular complexity index is 1190. The maximum Gasteiger partial charge on any atom is 0.348 e. The van der Waals surface area contributed by atoms with Crippen molar-refractivity contribution >= 4 is 40.5 Å². The van der Waals surface area contributed by atoms with Crippen LogP contribution in [-0.2, 0) is 4.79 Å². The van der Waals surface area contributed by atoms with Crippen molar-refractivity contribution in [1.82, 2.24) is 0 Å². The second kappa shape index (κ2) is 10.5. The molecule has 2 aromatic heterocycles. The van der Waals surface area contributed by atoms with Crippen molar-refractivity contribution < 1.29 is 23.9 Å². The van der Waals surface area contributed by atoms with Gasteiger partial charge in [0.05, 0.1) is 17.5 Å². The van der Waals surface area contributed by atoms with Crippen LogP contribution in [0, 0.1) is 11.8 Å². The van der Waals surface area contributed by atoms with Gasteiger partial charge in [-0.2, -0.15) is 0 Å². The summed E-state index contributed by atoms with van der Waals surface area (Å²) in [6.07, 6.45) is 6.54. The van der Waals surface area contributed by atoms with Gasteiger partial charge in [0.15, 0.2) is 0 Å². The highest BCUT2D eigenvalue weighted by atomic mass is 32.1. The first-order valence-electron chi connectivity index (χ1n) is 11.9. The number of carbonyl (C=O) groups excluding carboxylic acids is 2. The molecule has 35 heavy (non-hydrogen) atoms. The number of carboxylic acids is 1. The summed E-state index contributed by atoms with van der Waals surface area (Å²) in [6, 6.07) is 10.4. The topological polar surface area (TPSA) is 99.9 Å². The lowest BCUT2D eigenvalue weighted by Crippen LogP contribution is -2.42. The first kappa shape index (κ1) is 24.7. The van der Waals surface area contributed by atoms with Gasteiger partial charge in [-0.15, -0.1) is 11.3 Å². The standard InChI is InChI=1S/C27H30N2O5S/c1-16(2)29(26(31)19-6-4-17(3)5-7-19)22-14-23(35-24(22)27(32)33)18-8-10-21(11-9-18)28-25(30)20-12-13-34-15-20/h8-17,19H,4-7H2,1-3H3,(H,28,30)(H,32,33). The van der Waals surface area contributed by atoms with Gasteiger partial charge in [-0.3, -0.25) is 9.59 Å². The predicted octanol–water partition coefficient (Wildman–Crippen LogP) is 6.53. The molecular weight excluding hydrogens is 464 g/mol. The van der Waals surface area contributed by atoms with Crippen LogP contribution in [0.25, 0.3) is 10.4 Å². The molecular formula is C27H30N2O5S. The predicted molar refractivity (Wildman–Crippen MR) is 137 cm³/mol. The molecule has 1 saturated carbocycles. The highest BCUT2D eigenvalue weighted by molar-refractivity contribution is 7.18. The maximum absolute atomic E-state index is 13.5. The lowest BCUT2D eigenvalue weighted by molar-refractivity contribution is -0.123. The highest BCUT2D eigenvalue weighted by Gasteiger charge is 2.33. The van der Waals surface area contributed by atoms with E-state index in [0.717, 1.165) is 47.5 Å². The van der Waals surface area contributed by atoms with E-state index in [1.54, 1.807) is 29.2 Å². The van der Waals surface area contributed by atoms with Crippen LogP contribution in [0.5, 0.6) is 0 Å². The van der Waals surface area contributed by atoms with E-state index < -0.39 is 5.97 Å². The Labute approximate surface area is 208 Å². The van der Waals surface area contributed by atoms with E-state index in [1.807, 2.05) is 26.0 Å². The lowest BCUT2D eigenvalue weighted by atomic mass is 9.82. The van der Waals surface area contributed by atoms with Crippen molar-refractivity contribution in [2.45, 2.75) is 52.5 Å². The molecule has 3 aromatic rings. The average molecular weight is 495 g/mol. The molecule has 1 aliphatic carbocycles. The summed E-state index contributed by atoms with van der Waals surface area (Å²) >= 11 is 1.16. The monoisotopic (exact) mass is 494 g/mol. The highest BCUT2D eigenvalue weighted by Crippen LogP contribution is 2.40. The number of amides is 2. The summed E-state index contributed by atoms with van der Waals surface area (Å²) in [5.74, 6) is -0.758. The number of carboxylic acid groups (broad SMARTS) is 1. The minimum Gasteiger partial charge on any atom is -0.477 e. The second-order valence-electron chi connectivity index (χ2n) is 9.43. The van der Waals surface area contributed by atoms with Gasteiger partial charge in [0.2, 0.25) is 5.91 Å². The lowest BCUT2D eigenvalue weighted by Gasteiger charge is -2.33. The molecule has 0 saturated heterocycles. The van der Waals surface area contributed by atoms with Crippen LogP contribution < -0.4 is 10.2 Å². The number of nitrogens with zero attached hydrogens (tertiary/aromatic N) is 1. The maximum atomic E-state index is 13.5. The number of benzene rings is 1. The average Bonchev–Trinajstić information content (AvgIpc) is 3.51. The summed E-state index contributed by atoms with van der Waals surface area (Å²) < 4.78 is 4.94. The molecule has 4 rings (SSSR count). The number of hydrogen-bond acceptors (Lipinski definition) is 5. The second-order valence-corrected chi connectivity index (χ2v) is 10.5. The zero-order chi connectivity index (χ0) is 25.1. The van der Waals surface area contributed by atoms with Crippen LogP contribution in [0.3, 0.4) is 0 Å². The van der Waals surface area contributed by atoms with E-state index in [0.29, 0.717) is 22.9 Å². The molecule has 0 radical (unpaired) electrons. The Hall–Kier alpha value is -3.39. The number of thiophene rings is 1.